The lowest BCUT2D eigenvalue weighted by molar-refractivity contribution is -0.143. The number of nitrogens with zero attached hydrogens (tertiary/aromatic N) is 1. The van der Waals surface area contributed by atoms with Gasteiger partial charge < -0.3 is 15.3 Å². The first kappa shape index (κ1) is 23.7. The zero-order chi connectivity index (χ0) is 21.0. The van der Waals surface area contributed by atoms with Crippen molar-refractivity contribution in [3.05, 3.63) is 35.4 Å². The van der Waals surface area contributed by atoms with E-state index >= 15 is 0 Å². The van der Waals surface area contributed by atoms with E-state index in [2.05, 4.69) is 23.7 Å². The standard InChI is InChI=1S/C16H23N3O.C6H12O2/c1-3-9-16(10-4-2)11-14(19-20-16)12-5-7-13(8-6-12)15(17)18;1-3-5-6(7)8-4-2/h5-8H,3-4,9-11H2,1-2H3,(H3,17,18);3-5H2,1-2H3. The van der Waals surface area contributed by atoms with Gasteiger partial charge in [-0.2, -0.15) is 0 Å². The van der Waals surface area contributed by atoms with Gasteiger partial charge in [-0.05, 0) is 31.7 Å². The topological polar surface area (TPSA) is 97.8 Å². The predicted molar refractivity (Wildman–Crippen MR) is 114 cm³/mol. The Morgan fingerprint density at radius 3 is 2.21 bits per heavy atom. The molecule has 0 saturated carbocycles. The van der Waals surface area contributed by atoms with Crippen molar-refractivity contribution in [2.75, 3.05) is 6.61 Å². The summed E-state index contributed by atoms with van der Waals surface area (Å²) in [5.74, 6) is 0.00229. The van der Waals surface area contributed by atoms with Gasteiger partial charge in [-0.15, -0.1) is 0 Å². The van der Waals surface area contributed by atoms with Crippen molar-refractivity contribution in [1.82, 2.24) is 0 Å². The highest BCUT2D eigenvalue weighted by molar-refractivity contribution is 6.03. The van der Waals surface area contributed by atoms with Gasteiger partial charge in [-0.3, -0.25) is 10.2 Å². The lowest BCUT2D eigenvalue weighted by Crippen LogP contribution is -2.28. The Hall–Kier alpha value is -2.37. The minimum Gasteiger partial charge on any atom is -0.466 e. The largest absolute Gasteiger partial charge is 0.466 e. The smallest absolute Gasteiger partial charge is 0.305 e. The van der Waals surface area contributed by atoms with Gasteiger partial charge in [0.1, 0.15) is 11.4 Å². The summed E-state index contributed by atoms with van der Waals surface area (Å²) in [7, 11) is 0. The van der Waals surface area contributed by atoms with Crippen LogP contribution in [0.2, 0.25) is 0 Å². The number of nitrogens with two attached hydrogens (primary N) is 1. The second kappa shape index (κ2) is 12.2. The fourth-order valence-electron chi connectivity index (χ4n) is 3.26. The fourth-order valence-corrected chi connectivity index (χ4v) is 3.26. The van der Waals surface area contributed by atoms with Gasteiger partial charge in [-0.1, -0.05) is 63.0 Å². The average molecular weight is 390 g/mol. The molecule has 0 spiro atoms. The lowest BCUT2D eigenvalue weighted by Gasteiger charge is -2.25. The third-order valence-electron chi connectivity index (χ3n) is 4.54. The number of nitrogens with one attached hydrogen (secondary N) is 1. The maximum Gasteiger partial charge on any atom is 0.305 e. The van der Waals surface area contributed by atoms with Crippen LogP contribution in [0.25, 0.3) is 0 Å². The van der Waals surface area contributed by atoms with E-state index in [1.54, 1.807) is 0 Å². The molecule has 0 atom stereocenters. The van der Waals surface area contributed by atoms with Gasteiger partial charge in [-0.25, -0.2) is 0 Å². The maximum absolute atomic E-state index is 10.4. The van der Waals surface area contributed by atoms with E-state index in [1.807, 2.05) is 38.1 Å². The van der Waals surface area contributed by atoms with E-state index in [1.165, 1.54) is 0 Å². The Bertz CT molecular complexity index is 639. The van der Waals surface area contributed by atoms with E-state index < -0.39 is 0 Å². The first-order chi connectivity index (χ1) is 13.4. The summed E-state index contributed by atoms with van der Waals surface area (Å²) in [5, 5.41) is 11.7. The zero-order valence-corrected chi connectivity index (χ0v) is 17.7. The predicted octanol–water partition coefficient (Wildman–Crippen LogP) is 4.78. The third-order valence-corrected chi connectivity index (χ3v) is 4.54. The molecule has 0 radical (unpaired) electrons. The number of hydrogen-bond acceptors (Lipinski definition) is 5. The van der Waals surface area contributed by atoms with E-state index in [0.717, 1.165) is 55.4 Å². The molecule has 1 aliphatic heterocycles. The van der Waals surface area contributed by atoms with Gasteiger partial charge in [0.15, 0.2) is 0 Å². The Balaban J connectivity index is 0.000000416. The van der Waals surface area contributed by atoms with Crippen LogP contribution in [0.1, 0.15) is 83.8 Å². The monoisotopic (exact) mass is 389 g/mol. The molecule has 156 valence electrons. The molecule has 0 fully saturated rings. The van der Waals surface area contributed by atoms with Crippen molar-refractivity contribution in [1.29, 1.82) is 5.41 Å². The number of hydrogen-bond donors (Lipinski definition) is 2. The Kier molecular flexibility index (Phi) is 10.3. The minimum atomic E-state index is -0.113. The molecular formula is C22H35N3O3. The van der Waals surface area contributed by atoms with Crippen LogP contribution in [-0.4, -0.2) is 29.7 Å². The normalized spacial score (nSPS) is 14.4. The maximum atomic E-state index is 10.4. The summed E-state index contributed by atoms with van der Waals surface area (Å²) in [6.07, 6.45) is 6.58. The van der Waals surface area contributed by atoms with Crippen LogP contribution < -0.4 is 5.73 Å². The molecule has 1 heterocycles. The van der Waals surface area contributed by atoms with Crippen LogP contribution in [0.5, 0.6) is 0 Å². The van der Waals surface area contributed by atoms with Gasteiger partial charge in [0.25, 0.3) is 0 Å². The number of amidine groups is 1. The fraction of sp³-hybridized carbons (Fsp3) is 0.591. The van der Waals surface area contributed by atoms with Crippen LogP contribution >= 0.6 is 0 Å². The first-order valence-corrected chi connectivity index (χ1v) is 10.3. The summed E-state index contributed by atoms with van der Waals surface area (Å²) in [6, 6.07) is 7.65. The van der Waals surface area contributed by atoms with Crippen molar-refractivity contribution < 1.29 is 14.4 Å². The number of ether oxygens (including phenoxy) is 1. The average Bonchev–Trinajstić information content (AvgIpc) is 3.07. The van der Waals surface area contributed by atoms with E-state index in [9.17, 15) is 4.79 Å². The molecule has 0 aromatic heterocycles. The van der Waals surface area contributed by atoms with Crippen LogP contribution in [-0.2, 0) is 14.4 Å². The highest BCUT2D eigenvalue weighted by Gasteiger charge is 2.37. The Labute approximate surface area is 169 Å². The highest BCUT2D eigenvalue weighted by Crippen LogP contribution is 2.35. The Morgan fingerprint density at radius 1 is 1.14 bits per heavy atom. The molecule has 0 aliphatic carbocycles. The molecule has 28 heavy (non-hydrogen) atoms. The van der Waals surface area contributed by atoms with Crippen molar-refractivity contribution in [3.63, 3.8) is 0 Å². The van der Waals surface area contributed by atoms with E-state index in [4.69, 9.17) is 16.0 Å². The molecule has 3 N–H and O–H groups in total. The number of nitrogen functional groups attached to an aromatic ring is 1. The quantitative estimate of drug-likeness (QED) is 0.360. The lowest BCUT2D eigenvalue weighted by atomic mass is 9.86. The molecule has 0 unspecified atom stereocenters. The van der Waals surface area contributed by atoms with Crippen LogP contribution in [0, 0.1) is 5.41 Å². The number of esters is 1. The number of oxime groups is 1. The van der Waals surface area contributed by atoms with Crippen molar-refractivity contribution in [2.24, 2.45) is 10.9 Å². The summed E-state index contributed by atoms with van der Waals surface area (Å²) in [4.78, 5) is 16.2. The molecule has 0 saturated heterocycles. The second-order valence-electron chi connectivity index (χ2n) is 7.04. The van der Waals surface area contributed by atoms with Gasteiger partial charge >= 0.3 is 5.97 Å². The molecular weight excluding hydrogens is 354 g/mol. The molecule has 2 rings (SSSR count). The number of carbonyl (C=O) groups is 1. The summed E-state index contributed by atoms with van der Waals surface area (Å²) in [5.41, 5.74) is 8.15. The number of rotatable bonds is 9. The van der Waals surface area contributed by atoms with Crippen LogP contribution in [0.4, 0.5) is 0 Å². The SMILES string of the molecule is CCCC(=O)OCC.CCCC1(CCC)CC(c2ccc(C(=N)N)cc2)=NO1. The van der Waals surface area contributed by atoms with E-state index in [-0.39, 0.29) is 17.4 Å². The zero-order valence-electron chi connectivity index (χ0n) is 17.7. The molecule has 1 aromatic rings. The third kappa shape index (κ3) is 7.33. The summed E-state index contributed by atoms with van der Waals surface area (Å²) < 4.78 is 4.64. The number of carbonyl (C=O) groups excluding carboxylic acids is 1. The van der Waals surface area contributed by atoms with Crippen LogP contribution in [0.15, 0.2) is 29.4 Å². The molecule has 1 aromatic carbocycles. The first-order valence-electron chi connectivity index (χ1n) is 10.3. The van der Waals surface area contributed by atoms with Crippen LogP contribution in [0.3, 0.4) is 0 Å². The molecule has 1 aliphatic rings. The number of benzene rings is 1. The van der Waals surface area contributed by atoms with Crippen molar-refractivity contribution in [2.45, 2.75) is 78.2 Å². The highest BCUT2D eigenvalue weighted by atomic mass is 16.7. The van der Waals surface area contributed by atoms with Crippen molar-refractivity contribution in [3.8, 4) is 0 Å². The van der Waals surface area contributed by atoms with Gasteiger partial charge in [0.05, 0.1) is 12.3 Å². The summed E-state index contributed by atoms with van der Waals surface area (Å²) in [6.45, 7) is 8.63. The van der Waals surface area contributed by atoms with Gasteiger partial charge in [0, 0.05) is 18.4 Å². The molecule has 0 bridgehead atoms. The van der Waals surface area contributed by atoms with Crippen molar-refractivity contribution >= 4 is 17.5 Å². The molecule has 0 amide bonds. The van der Waals surface area contributed by atoms with Gasteiger partial charge in [0.2, 0.25) is 0 Å². The molecule has 6 heteroatoms. The molecule has 6 nitrogen and oxygen atoms in total. The minimum absolute atomic E-state index is 0.0880. The second-order valence-corrected chi connectivity index (χ2v) is 7.04. The van der Waals surface area contributed by atoms with E-state index in [0.29, 0.717) is 13.0 Å². The Morgan fingerprint density at radius 2 is 1.75 bits per heavy atom. The summed E-state index contributed by atoms with van der Waals surface area (Å²) >= 11 is 0.